The Morgan fingerprint density at radius 2 is 1.85 bits per heavy atom. The first-order valence-electron chi connectivity index (χ1n) is 4.25. The van der Waals surface area contributed by atoms with E-state index in [0.717, 1.165) is 5.56 Å². The zero-order valence-electron chi connectivity index (χ0n) is 7.50. The van der Waals surface area contributed by atoms with Gasteiger partial charge in [-0.15, -0.1) is 0 Å². The van der Waals surface area contributed by atoms with Gasteiger partial charge in [0.05, 0.1) is 6.04 Å². The fraction of sp³-hybridized carbons (Fsp3) is 0.400. The standard InChI is InChI=1S/C10H13F2N/c1-8(10(11)12)13-7-9-5-3-2-4-6-9/h2-6,8,10,13H,7H2,1H3. The van der Waals surface area contributed by atoms with Crippen LogP contribution in [-0.4, -0.2) is 12.5 Å². The van der Waals surface area contributed by atoms with Gasteiger partial charge in [-0.2, -0.15) is 0 Å². The summed E-state index contributed by atoms with van der Waals surface area (Å²) in [4.78, 5) is 0. The minimum atomic E-state index is -2.30. The van der Waals surface area contributed by atoms with Crippen LogP contribution in [0.5, 0.6) is 0 Å². The molecule has 1 aromatic rings. The maximum atomic E-state index is 12.1. The molecule has 0 saturated heterocycles. The van der Waals surface area contributed by atoms with Gasteiger partial charge in [0.2, 0.25) is 0 Å². The average molecular weight is 185 g/mol. The molecule has 0 aromatic heterocycles. The van der Waals surface area contributed by atoms with Crippen LogP contribution in [0, 0.1) is 0 Å². The van der Waals surface area contributed by atoms with Crippen LogP contribution >= 0.6 is 0 Å². The van der Waals surface area contributed by atoms with E-state index >= 15 is 0 Å². The molecular weight excluding hydrogens is 172 g/mol. The van der Waals surface area contributed by atoms with Gasteiger partial charge in [-0.25, -0.2) is 8.78 Å². The van der Waals surface area contributed by atoms with Crippen LogP contribution in [0.25, 0.3) is 0 Å². The molecule has 1 nitrogen and oxygen atoms in total. The predicted molar refractivity (Wildman–Crippen MR) is 48.7 cm³/mol. The molecule has 72 valence electrons. The summed E-state index contributed by atoms with van der Waals surface area (Å²) in [7, 11) is 0. The maximum Gasteiger partial charge on any atom is 0.253 e. The average Bonchev–Trinajstić information content (AvgIpc) is 2.15. The second-order valence-electron chi connectivity index (χ2n) is 2.99. The zero-order valence-corrected chi connectivity index (χ0v) is 7.50. The van der Waals surface area contributed by atoms with E-state index in [-0.39, 0.29) is 0 Å². The lowest BCUT2D eigenvalue weighted by Gasteiger charge is -2.12. The third-order valence-electron chi connectivity index (χ3n) is 1.85. The molecule has 0 bridgehead atoms. The van der Waals surface area contributed by atoms with Crippen molar-refractivity contribution in [2.45, 2.75) is 25.9 Å². The van der Waals surface area contributed by atoms with Crippen LogP contribution < -0.4 is 5.32 Å². The Morgan fingerprint density at radius 1 is 1.23 bits per heavy atom. The van der Waals surface area contributed by atoms with Gasteiger partial charge >= 0.3 is 0 Å². The molecule has 1 rings (SSSR count). The number of benzene rings is 1. The van der Waals surface area contributed by atoms with Crippen molar-refractivity contribution in [3.63, 3.8) is 0 Å². The second-order valence-corrected chi connectivity index (χ2v) is 2.99. The summed E-state index contributed by atoms with van der Waals surface area (Å²) < 4.78 is 24.1. The van der Waals surface area contributed by atoms with Gasteiger partial charge in [-0.05, 0) is 12.5 Å². The fourth-order valence-corrected chi connectivity index (χ4v) is 0.964. The van der Waals surface area contributed by atoms with Crippen molar-refractivity contribution in [3.05, 3.63) is 35.9 Å². The monoisotopic (exact) mass is 185 g/mol. The summed E-state index contributed by atoms with van der Waals surface area (Å²) in [5.41, 5.74) is 1.02. The summed E-state index contributed by atoms with van der Waals surface area (Å²) in [6.07, 6.45) is -2.30. The summed E-state index contributed by atoms with van der Waals surface area (Å²) in [6.45, 7) is 1.97. The van der Waals surface area contributed by atoms with Crippen LogP contribution in [0.2, 0.25) is 0 Å². The van der Waals surface area contributed by atoms with Gasteiger partial charge in [0, 0.05) is 6.54 Å². The van der Waals surface area contributed by atoms with Crippen molar-refractivity contribution in [2.75, 3.05) is 0 Å². The minimum absolute atomic E-state index is 0.492. The van der Waals surface area contributed by atoms with Crippen molar-refractivity contribution in [2.24, 2.45) is 0 Å². The van der Waals surface area contributed by atoms with Crippen molar-refractivity contribution < 1.29 is 8.78 Å². The van der Waals surface area contributed by atoms with Gasteiger partial charge in [-0.1, -0.05) is 30.3 Å². The summed E-state index contributed by atoms with van der Waals surface area (Å²) >= 11 is 0. The van der Waals surface area contributed by atoms with E-state index in [1.165, 1.54) is 6.92 Å². The number of alkyl halides is 2. The lowest BCUT2D eigenvalue weighted by molar-refractivity contribution is 0.105. The summed E-state index contributed by atoms with van der Waals surface area (Å²) in [5.74, 6) is 0. The Kier molecular flexibility index (Phi) is 3.83. The Balaban J connectivity index is 2.35. The van der Waals surface area contributed by atoms with Gasteiger partial charge in [0.25, 0.3) is 6.43 Å². The highest BCUT2D eigenvalue weighted by molar-refractivity contribution is 5.14. The van der Waals surface area contributed by atoms with Crippen LogP contribution in [0.3, 0.4) is 0 Å². The van der Waals surface area contributed by atoms with Crippen molar-refractivity contribution >= 4 is 0 Å². The molecule has 1 atom stereocenters. The first-order chi connectivity index (χ1) is 6.20. The van der Waals surface area contributed by atoms with E-state index in [1.54, 1.807) is 0 Å². The van der Waals surface area contributed by atoms with E-state index in [2.05, 4.69) is 5.32 Å². The number of hydrogen-bond acceptors (Lipinski definition) is 1. The second kappa shape index (κ2) is 4.92. The molecule has 3 heteroatoms. The van der Waals surface area contributed by atoms with E-state index in [9.17, 15) is 8.78 Å². The summed E-state index contributed by atoms with van der Waals surface area (Å²) in [5, 5.41) is 2.75. The molecule has 0 saturated carbocycles. The minimum Gasteiger partial charge on any atom is -0.305 e. The van der Waals surface area contributed by atoms with Crippen molar-refractivity contribution in [1.82, 2.24) is 5.32 Å². The van der Waals surface area contributed by atoms with Crippen molar-refractivity contribution in [1.29, 1.82) is 0 Å². The third-order valence-corrected chi connectivity index (χ3v) is 1.85. The highest BCUT2D eigenvalue weighted by Gasteiger charge is 2.12. The normalized spacial score (nSPS) is 13.2. The Labute approximate surface area is 76.8 Å². The van der Waals surface area contributed by atoms with Gasteiger partial charge in [0.1, 0.15) is 0 Å². The molecule has 0 heterocycles. The van der Waals surface area contributed by atoms with Gasteiger partial charge in [0.15, 0.2) is 0 Å². The molecule has 0 fully saturated rings. The lowest BCUT2D eigenvalue weighted by Crippen LogP contribution is -2.31. The molecule has 1 aromatic carbocycles. The molecular formula is C10H13F2N. The molecule has 0 radical (unpaired) electrons. The van der Waals surface area contributed by atoms with Gasteiger partial charge in [-0.3, -0.25) is 0 Å². The number of rotatable bonds is 4. The Hall–Kier alpha value is -0.960. The van der Waals surface area contributed by atoms with Crippen LogP contribution in [0.4, 0.5) is 8.78 Å². The Morgan fingerprint density at radius 3 is 2.38 bits per heavy atom. The zero-order chi connectivity index (χ0) is 9.68. The highest BCUT2D eigenvalue weighted by Crippen LogP contribution is 2.02. The quantitative estimate of drug-likeness (QED) is 0.759. The maximum absolute atomic E-state index is 12.1. The molecule has 1 unspecified atom stereocenters. The predicted octanol–water partition coefficient (Wildman–Crippen LogP) is 2.43. The number of nitrogens with one attached hydrogen (secondary N) is 1. The smallest absolute Gasteiger partial charge is 0.253 e. The van der Waals surface area contributed by atoms with Crippen LogP contribution in [0.15, 0.2) is 30.3 Å². The van der Waals surface area contributed by atoms with Crippen LogP contribution in [-0.2, 0) is 6.54 Å². The van der Waals surface area contributed by atoms with E-state index < -0.39 is 12.5 Å². The largest absolute Gasteiger partial charge is 0.305 e. The van der Waals surface area contributed by atoms with E-state index in [1.807, 2.05) is 30.3 Å². The SMILES string of the molecule is CC(NCc1ccccc1)C(F)F. The number of hydrogen-bond donors (Lipinski definition) is 1. The van der Waals surface area contributed by atoms with Gasteiger partial charge < -0.3 is 5.32 Å². The highest BCUT2D eigenvalue weighted by atomic mass is 19.3. The molecule has 0 aliphatic carbocycles. The molecule has 13 heavy (non-hydrogen) atoms. The topological polar surface area (TPSA) is 12.0 Å². The van der Waals surface area contributed by atoms with E-state index in [4.69, 9.17) is 0 Å². The van der Waals surface area contributed by atoms with Crippen LogP contribution in [0.1, 0.15) is 12.5 Å². The molecule has 0 aliphatic heterocycles. The first kappa shape index (κ1) is 10.1. The van der Waals surface area contributed by atoms with Crippen molar-refractivity contribution in [3.8, 4) is 0 Å². The lowest BCUT2D eigenvalue weighted by atomic mass is 10.2. The molecule has 0 amide bonds. The Bertz CT molecular complexity index is 236. The van der Waals surface area contributed by atoms with E-state index in [0.29, 0.717) is 6.54 Å². The molecule has 0 spiro atoms. The molecule has 0 aliphatic rings. The number of halogens is 2. The summed E-state index contributed by atoms with van der Waals surface area (Å²) in [6, 6.07) is 8.75. The first-order valence-corrected chi connectivity index (χ1v) is 4.25. The fourth-order valence-electron chi connectivity index (χ4n) is 0.964. The third kappa shape index (κ3) is 3.51. The molecule has 1 N–H and O–H groups in total.